The third kappa shape index (κ3) is 2.29. The van der Waals surface area contributed by atoms with Gasteiger partial charge in [-0.25, -0.2) is 0 Å². The van der Waals surface area contributed by atoms with Crippen LogP contribution in [0.5, 0.6) is 0 Å². The van der Waals surface area contributed by atoms with Crippen LogP contribution in [0.15, 0.2) is 0 Å². The molecule has 0 spiro atoms. The van der Waals surface area contributed by atoms with E-state index in [1.807, 2.05) is 13.8 Å². The number of amides is 2. The third-order valence-corrected chi connectivity index (χ3v) is 3.84. The zero-order valence-corrected chi connectivity index (χ0v) is 11.2. The Kier molecular flexibility index (Phi) is 3.81. The van der Waals surface area contributed by atoms with Crippen molar-refractivity contribution in [3.8, 4) is 0 Å². The monoisotopic (exact) mass is 241 g/mol. The smallest absolute Gasteiger partial charge is 0.245 e. The van der Waals surface area contributed by atoms with Crippen molar-refractivity contribution in [2.75, 3.05) is 19.6 Å². The van der Waals surface area contributed by atoms with E-state index in [4.69, 9.17) is 5.73 Å². The van der Waals surface area contributed by atoms with Gasteiger partial charge in [-0.1, -0.05) is 6.92 Å². The molecule has 5 heteroatoms. The van der Waals surface area contributed by atoms with E-state index in [0.717, 1.165) is 0 Å². The lowest BCUT2D eigenvalue weighted by Crippen LogP contribution is -2.66. The number of hydrogen-bond acceptors (Lipinski definition) is 3. The number of carbonyl (C=O) groups is 2. The second-order valence-corrected chi connectivity index (χ2v) is 5.39. The fourth-order valence-electron chi connectivity index (χ4n) is 1.96. The first-order valence-electron chi connectivity index (χ1n) is 6.10. The van der Waals surface area contributed by atoms with Gasteiger partial charge in [0.1, 0.15) is 5.54 Å². The van der Waals surface area contributed by atoms with Crippen LogP contribution in [0.1, 0.15) is 34.1 Å². The summed E-state index contributed by atoms with van der Waals surface area (Å²) in [5.41, 5.74) is 4.34. The normalized spacial score (nSPS) is 22.9. The minimum Gasteiger partial charge on any atom is -0.352 e. The Hall–Kier alpha value is -1.10. The molecule has 3 N–H and O–H groups in total. The molecule has 1 aliphatic rings. The summed E-state index contributed by atoms with van der Waals surface area (Å²) in [6, 6.07) is 0. The summed E-state index contributed by atoms with van der Waals surface area (Å²) >= 11 is 0. The maximum Gasteiger partial charge on any atom is 0.245 e. The first-order valence-corrected chi connectivity index (χ1v) is 6.10. The predicted octanol–water partition coefficient (Wildman–Crippen LogP) is 0.0984. The van der Waals surface area contributed by atoms with Crippen molar-refractivity contribution >= 4 is 11.8 Å². The number of nitrogens with zero attached hydrogens (tertiary/aromatic N) is 1. The van der Waals surface area contributed by atoms with Crippen molar-refractivity contribution < 1.29 is 9.59 Å². The quantitative estimate of drug-likeness (QED) is 0.735. The van der Waals surface area contributed by atoms with Gasteiger partial charge in [0.25, 0.3) is 0 Å². The van der Waals surface area contributed by atoms with Gasteiger partial charge in [-0.05, 0) is 27.2 Å². The number of rotatable bonds is 3. The zero-order chi connectivity index (χ0) is 13.3. The lowest BCUT2D eigenvalue weighted by atomic mass is 9.83. The molecule has 1 aliphatic heterocycles. The summed E-state index contributed by atoms with van der Waals surface area (Å²) in [4.78, 5) is 26.0. The molecule has 2 amide bonds. The van der Waals surface area contributed by atoms with E-state index in [2.05, 4.69) is 5.32 Å². The van der Waals surface area contributed by atoms with Gasteiger partial charge in [0.2, 0.25) is 11.8 Å². The van der Waals surface area contributed by atoms with Gasteiger partial charge < -0.3 is 16.0 Å². The lowest BCUT2D eigenvalue weighted by molar-refractivity contribution is -0.155. The van der Waals surface area contributed by atoms with Gasteiger partial charge in [-0.3, -0.25) is 9.59 Å². The number of nitrogens with two attached hydrogens (primary N) is 1. The Balaban J connectivity index is 2.99. The molecule has 1 unspecified atom stereocenters. The molecule has 0 aliphatic carbocycles. The van der Waals surface area contributed by atoms with Gasteiger partial charge in [0.05, 0.1) is 5.41 Å². The largest absolute Gasteiger partial charge is 0.352 e. The average Bonchev–Trinajstić information content (AvgIpc) is 2.30. The molecule has 0 aromatic carbocycles. The van der Waals surface area contributed by atoms with E-state index in [1.165, 1.54) is 0 Å². The topological polar surface area (TPSA) is 75.4 Å². The van der Waals surface area contributed by atoms with Crippen LogP contribution in [0.3, 0.4) is 0 Å². The van der Waals surface area contributed by atoms with E-state index in [-0.39, 0.29) is 11.8 Å². The molecule has 1 atom stereocenters. The summed E-state index contributed by atoms with van der Waals surface area (Å²) in [6.45, 7) is 8.71. The molecule has 1 fully saturated rings. The van der Waals surface area contributed by atoms with Crippen molar-refractivity contribution in [3.63, 3.8) is 0 Å². The van der Waals surface area contributed by atoms with E-state index >= 15 is 0 Å². The summed E-state index contributed by atoms with van der Waals surface area (Å²) in [5, 5.41) is 2.78. The third-order valence-electron chi connectivity index (χ3n) is 3.84. The first-order chi connectivity index (χ1) is 7.79. The second-order valence-electron chi connectivity index (χ2n) is 5.39. The van der Waals surface area contributed by atoms with Crippen LogP contribution in [0.4, 0.5) is 0 Å². The summed E-state index contributed by atoms with van der Waals surface area (Å²) in [5.74, 6) is -0.130. The molecule has 0 saturated carbocycles. The molecule has 0 bridgehead atoms. The summed E-state index contributed by atoms with van der Waals surface area (Å²) in [6.07, 6.45) is 0.677. The lowest BCUT2D eigenvalue weighted by Gasteiger charge is -2.45. The average molecular weight is 241 g/mol. The van der Waals surface area contributed by atoms with Crippen LogP contribution >= 0.6 is 0 Å². The van der Waals surface area contributed by atoms with E-state index < -0.39 is 11.0 Å². The van der Waals surface area contributed by atoms with Gasteiger partial charge in [0.15, 0.2) is 0 Å². The minimum atomic E-state index is -0.791. The molecule has 98 valence electrons. The number of carbonyl (C=O) groups excluding carboxylic acids is 2. The maximum absolute atomic E-state index is 12.5. The Bertz CT molecular complexity index is 322. The van der Waals surface area contributed by atoms with Crippen LogP contribution in [-0.4, -0.2) is 41.9 Å². The molecule has 1 rings (SSSR count). The van der Waals surface area contributed by atoms with Gasteiger partial charge in [-0.2, -0.15) is 0 Å². The molecule has 0 aromatic rings. The van der Waals surface area contributed by atoms with Crippen LogP contribution in [0.25, 0.3) is 0 Å². The SMILES string of the molecule is CCC(C)(CN)C(=O)N1CCNC(=O)C1(C)C. The predicted molar refractivity (Wildman–Crippen MR) is 66.3 cm³/mol. The van der Waals surface area contributed by atoms with Crippen molar-refractivity contribution in [3.05, 3.63) is 0 Å². The van der Waals surface area contributed by atoms with E-state index in [9.17, 15) is 9.59 Å². The molecular weight excluding hydrogens is 218 g/mol. The summed E-state index contributed by atoms with van der Waals surface area (Å²) in [7, 11) is 0. The van der Waals surface area contributed by atoms with Gasteiger partial charge in [0, 0.05) is 19.6 Å². The van der Waals surface area contributed by atoms with Crippen LogP contribution < -0.4 is 11.1 Å². The Labute approximate surface area is 103 Å². The van der Waals surface area contributed by atoms with Crippen molar-refractivity contribution in [1.82, 2.24) is 10.2 Å². The van der Waals surface area contributed by atoms with Gasteiger partial charge in [-0.15, -0.1) is 0 Å². The standard InChI is InChI=1S/C12H23N3O2/c1-5-12(4,8-13)10(17)15-7-6-14-9(16)11(15,2)3/h5-8,13H2,1-4H3,(H,14,16). The highest BCUT2D eigenvalue weighted by molar-refractivity contribution is 5.93. The van der Waals surface area contributed by atoms with E-state index in [1.54, 1.807) is 18.7 Å². The van der Waals surface area contributed by atoms with Crippen LogP contribution in [0, 0.1) is 5.41 Å². The molecule has 0 aromatic heterocycles. The number of piperazine rings is 1. The molecule has 5 nitrogen and oxygen atoms in total. The van der Waals surface area contributed by atoms with Crippen LogP contribution in [-0.2, 0) is 9.59 Å². The highest BCUT2D eigenvalue weighted by Gasteiger charge is 2.45. The highest BCUT2D eigenvalue weighted by Crippen LogP contribution is 2.28. The summed E-state index contributed by atoms with van der Waals surface area (Å²) < 4.78 is 0. The van der Waals surface area contributed by atoms with Crippen molar-refractivity contribution in [1.29, 1.82) is 0 Å². The Morgan fingerprint density at radius 3 is 2.65 bits per heavy atom. The first kappa shape index (κ1) is 14.0. The fourth-order valence-corrected chi connectivity index (χ4v) is 1.96. The second kappa shape index (κ2) is 4.64. The van der Waals surface area contributed by atoms with Crippen LogP contribution in [0.2, 0.25) is 0 Å². The van der Waals surface area contributed by atoms with Crippen molar-refractivity contribution in [2.24, 2.45) is 11.1 Å². The van der Waals surface area contributed by atoms with E-state index in [0.29, 0.717) is 26.1 Å². The fraction of sp³-hybridized carbons (Fsp3) is 0.833. The Morgan fingerprint density at radius 2 is 2.18 bits per heavy atom. The molecule has 1 heterocycles. The number of nitrogens with one attached hydrogen (secondary N) is 1. The molecular formula is C12H23N3O2. The molecule has 1 saturated heterocycles. The van der Waals surface area contributed by atoms with Crippen molar-refractivity contribution in [2.45, 2.75) is 39.7 Å². The molecule has 0 radical (unpaired) electrons. The molecule has 17 heavy (non-hydrogen) atoms. The maximum atomic E-state index is 12.5. The minimum absolute atomic E-state index is 0.0256. The van der Waals surface area contributed by atoms with Gasteiger partial charge >= 0.3 is 0 Å². The Morgan fingerprint density at radius 1 is 1.59 bits per heavy atom. The zero-order valence-electron chi connectivity index (χ0n) is 11.2. The number of hydrogen-bond donors (Lipinski definition) is 2. The highest BCUT2D eigenvalue weighted by atomic mass is 16.2.